The van der Waals surface area contributed by atoms with Crippen LogP contribution in [0.25, 0.3) is 0 Å². The molecule has 7 heteroatoms. The molecule has 4 N–H and O–H groups in total. The van der Waals surface area contributed by atoms with Crippen molar-refractivity contribution in [3.8, 4) is 0 Å². The first kappa shape index (κ1) is 15.2. The lowest BCUT2D eigenvalue weighted by Crippen LogP contribution is -2.44. The minimum absolute atomic E-state index is 0.0663. The average molecular weight is 300 g/mol. The maximum atomic E-state index is 11.6. The molecule has 0 saturated carbocycles. The summed E-state index contributed by atoms with van der Waals surface area (Å²) in [5.74, 6) is -0.273. The third-order valence-corrected chi connectivity index (χ3v) is 5.21. The van der Waals surface area contributed by atoms with E-state index in [-0.39, 0.29) is 18.1 Å². The molecular weight excluding hydrogens is 280 g/mol. The summed E-state index contributed by atoms with van der Waals surface area (Å²) in [6.45, 7) is 0.706. The summed E-state index contributed by atoms with van der Waals surface area (Å²) in [7, 11) is -3.20. The first-order valence-corrected chi connectivity index (χ1v) is 8.31. The van der Waals surface area contributed by atoms with Crippen molar-refractivity contribution in [2.45, 2.75) is 18.7 Å². The van der Waals surface area contributed by atoms with Crippen LogP contribution >= 0.6 is 0 Å². The molecule has 0 aromatic heterocycles. The fourth-order valence-electron chi connectivity index (χ4n) is 2.51. The Morgan fingerprint density at radius 3 is 2.40 bits per heavy atom. The van der Waals surface area contributed by atoms with Gasteiger partial charge in [0.25, 0.3) is 0 Å². The predicted octanol–water partition coefficient (Wildman–Crippen LogP) is -0.779. The highest BCUT2D eigenvalue weighted by Crippen LogP contribution is 2.20. The molecule has 0 radical (unpaired) electrons. The number of aliphatic hydroxyl groups excluding tert-OH is 2. The van der Waals surface area contributed by atoms with Crippen LogP contribution in [-0.4, -0.2) is 60.3 Å². The third-order valence-electron chi connectivity index (χ3n) is 3.52. The lowest BCUT2D eigenvalue weighted by Gasteiger charge is -2.29. The van der Waals surface area contributed by atoms with Gasteiger partial charge in [0.05, 0.1) is 30.3 Å². The van der Waals surface area contributed by atoms with Crippen molar-refractivity contribution in [3.05, 3.63) is 29.8 Å². The van der Waals surface area contributed by atoms with Crippen molar-refractivity contribution < 1.29 is 18.6 Å². The van der Waals surface area contributed by atoms with Crippen LogP contribution in [-0.2, 0) is 16.4 Å². The second-order valence-corrected chi connectivity index (χ2v) is 7.30. The normalized spacial score (nSPS) is 25.1. The fourth-order valence-corrected chi connectivity index (χ4v) is 4.34. The molecule has 1 aromatic rings. The maximum Gasteiger partial charge on any atom is 0.154 e. The molecule has 1 aliphatic rings. The van der Waals surface area contributed by atoms with Crippen molar-refractivity contribution in [3.63, 3.8) is 0 Å². The van der Waals surface area contributed by atoms with Gasteiger partial charge in [0.1, 0.15) is 0 Å². The zero-order valence-electron chi connectivity index (χ0n) is 11.1. The van der Waals surface area contributed by atoms with Crippen LogP contribution in [0, 0.1) is 0 Å². The Labute approximate surface area is 118 Å². The van der Waals surface area contributed by atoms with Gasteiger partial charge in [-0.05, 0) is 17.7 Å². The molecule has 112 valence electrons. The number of hydrogen-bond donors (Lipinski definition) is 3. The van der Waals surface area contributed by atoms with E-state index in [1.807, 2.05) is 12.1 Å². The SMILES string of the molecule is Nc1ccc(CN(CCO)[C@H]2CS(=O)(=O)C[C@@H]2O)cc1. The maximum absolute atomic E-state index is 11.6. The molecule has 2 atom stereocenters. The predicted molar refractivity (Wildman–Crippen MR) is 76.8 cm³/mol. The van der Waals surface area contributed by atoms with E-state index in [1.165, 1.54) is 0 Å². The van der Waals surface area contributed by atoms with Crippen LogP contribution in [0.2, 0.25) is 0 Å². The Hall–Kier alpha value is -1.15. The van der Waals surface area contributed by atoms with E-state index in [0.29, 0.717) is 18.8 Å². The zero-order valence-corrected chi connectivity index (χ0v) is 12.0. The van der Waals surface area contributed by atoms with Crippen molar-refractivity contribution in [1.82, 2.24) is 4.90 Å². The number of sulfone groups is 1. The van der Waals surface area contributed by atoms with E-state index in [4.69, 9.17) is 10.8 Å². The monoisotopic (exact) mass is 300 g/mol. The van der Waals surface area contributed by atoms with Crippen LogP contribution in [0.5, 0.6) is 0 Å². The van der Waals surface area contributed by atoms with Crippen LogP contribution in [0.4, 0.5) is 5.69 Å². The van der Waals surface area contributed by atoms with Crippen LogP contribution in [0.1, 0.15) is 5.56 Å². The van der Waals surface area contributed by atoms with E-state index in [2.05, 4.69) is 0 Å². The summed E-state index contributed by atoms with van der Waals surface area (Å²) in [6.07, 6.45) is -0.902. The number of rotatable bonds is 5. The van der Waals surface area contributed by atoms with Crippen molar-refractivity contribution in [2.75, 3.05) is 30.4 Å². The number of nitrogens with two attached hydrogens (primary N) is 1. The lowest BCUT2D eigenvalue weighted by atomic mass is 10.1. The average Bonchev–Trinajstić information content (AvgIpc) is 2.65. The van der Waals surface area contributed by atoms with E-state index >= 15 is 0 Å². The molecule has 1 aliphatic heterocycles. The molecule has 1 fully saturated rings. The van der Waals surface area contributed by atoms with Gasteiger partial charge in [0.2, 0.25) is 0 Å². The minimum Gasteiger partial charge on any atom is -0.399 e. The van der Waals surface area contributed by atoms with Crippen LogP contribution < -0.4 is 5.73 Å². The van der Waals surface area contributed by atoms with Gasteiger partial charge < -0.3 is 15.9 Å². The second-order valence-electron chi connectivity index (χ2n) is 5.15. The smallest absolute Gasteiger partial charge is 0.154 e. The largest absolute Gasteiger partial charge is 0.399 e. The number of nitrogens with zero attached hydrogens (tertiary/aromatic N) is 1. The number of aliphatic hydroxyl groups is 2. The Kier molecular flexibility index (Phi) is 4.64. The van der Waals surface area contributed by atoms with Gasteiger partial charge in [0, 0.05) is 18.8 Å². The van der Waals surface area contributed by atoms with Crippen molar-refractivity contribution in [1.29, 1.82) is 0 Å². The van der Waals surface area contributed by atoms with Gasteiger partial charge in [-0.25, -0.2) is 8.42 Å². The van der Waals surface area contributed by atoms with Gasteiger partial charge >= 0.3 is 0 Å². The van der Waals surface area contributed by atoms with Gasteiger partial charge in [-0.15, -0.1) is 0 Å². The van der Waals surface area contributed by atoms with Crippen LogP contribution in [0.15, 0.2) is 24.3 Å². The first-order valence-electron chi connectivity index (χ1n) is 6.49. The molecule has 0 amide bonds. The first-order chi connectivity index (χ1) is 9.41. The van der Waals surface area contributed by atoms with Gasteiger partial charge in [-0.3, -0.25) is 4.90 Å². The van der Waals surface area contributed by atoms with E-state index in [0.717, 1.165) is 5.56 Å². The summed E-state index contributed by atoms with van der Waals surface area (Å²) in [5, 5.41) is 19.1. The number of benzene rings is 1. The molecule has 20 heavy (non-hydrogen) atoms. The zero-order chi connectivity index (χ0) is 14.8. The van der Waals surface area contributed by atoms with Crippen molar-refractivity contribution >= 4 is 15.5 Å². The standard InChI is InChI=1S/C13H20N2O4S/c14-11-3-1-10(2-4-11)7-15(5-6-16)12-8-20(18,19)9-13(12)17/h1-4,12-13,16-17H,5-9,14H2/t12-,13-/m0/s1. The summed E-state index contributed by atoms with van der Waals surface area (Å²) in [6, 6.07) is 6.79. The molecule has 1 aromatic carbocycles. The summed E-state index contributed by atoms with van der Waals surface area (Å²) < 4.78 is 23.2. The molecular formula is C13H20N2O4S. The molecule has 2 rings (SSSR count). The highest BCUT2D eigenvalue weighted by Gasteiger charge is 2.39. The van der Waals surface area contributed by atoms with E-state index in [9.17, 15) is 13.5 Å². The van der Waals surface area contributed by atoms with Crippen molar-refractivity contribution in [2.24, 2.45) is 0 Å². The highest BCUT2D eigenvalue weighted by molar-refractivity contribution is 7.91. The molecule has 0 aliphatic carbocycles. The van der Waals surface area contributed by atoms with Gasteiger partial charge in [-0.1, -0.05) is 12.1 Å². The molecule has 6 nitrogen and oxygen atoms in total. The summed E-state index contributed by atoms with van der Waals surface area (Å²) in [4.78, 5) is 1.81. The molecule has 1 heterocycles. The number of hydrogen-bond acceptors (Lipinski definition) is 6. The van der Waals surface area contributed by atoms with Gasteiger partial charge in [0.15, 0.2) is 9.84 Å². The molecule has 0 spiro atoms. The summed E-state index contributed by atoms with van der Waals surface area (Å²) in [5.41, 5.74) is 7.24. The van der Waals surface area contributed by atoms with E-state index < -0.39 is 22.0 Å². The topological polar surface area (TPSA) is 104 Å². The quantitative estimate of drug-likeness (QED) is 0.616. The van der Waals surface area contributed by atoms with Crippen LogP contribution in [0.3, 0.4) is 0 Å². The lowest BCUT2D eigenvalue weighted by molar-refractivity contribution is 0.0655. The fraction of sp³-hybridized carbons (Fsp3) is 0.538. The Balaban J connectivity index is 2.13. The number of anilines is 1. The second kappa shape index (κ2) is 6.09. The Morgan fingerprint density at radius 2 is 1.90 bits per heavy atom. The third kappa shape index (κ3) is 3.69. The Bertz CT molecular complexity index is 544. The molecule has 0 bridgehead atoms. The Morgan fingerprint density at radius 1 is 1.25 bits per heavy atom. The van der Waals surface area contributed by atoms with E-state index in [1.54, 1.807) is 17.0 Å². The minimum atomic E-state index is -3.20. The summed E-state index contributed by atoms with van der Waals surface area (Å²) >= 11 is 0. The highest BCUT2D eigenvalue weighted by atomic mass is 32.2. The number of nitrogen functional groups attached to an aromatic ring is 1. The molecule has 0 unspecified atom stereocenters. The van der Waals surface area contributed by atoms with Gasteiger partial charge in [-0.2, -0.15) is 0 Å². The molecule has 1 saturated heterocycles.